The molecular weight excluding hydrogens is 359 g/mol. The molecule has 1 fully saturated rings. The molecule has 1 aromatic carbocycles. The van der Waals surface area contributed by atoms with Gasteiger partial charge in [0.1, 0.15) is 0 Å². The average molecular weight is 380 g/mol. The Bertz CT molecular complexity index is 436. The van der Waals surface area contributed by atoms with E-state index in [1.54, 1.807) is 0 Å². The third kappa shape index (κ3) is 4.03. The summed E-state index contributed by atoms with van der Waals surface area (Å²) >= 11 is 16.0. The SMILES string of the molecule is CCN1CCC(C(C)Nc2c(Cl)cc(Br)cc2Cl)CC1. The van der Waals surface area contributed by atoms with Gasteiger partial charge in [-0.25, -0.2) is 0 Å². The Kier molecular flexibility index (Phi) is 6.03. The Morgan fingerprint density at radius 1 is 1.30 bits per heavy atom. The van der Waals surface area contributed by atoms with Gasteiger partial charge < -0.3 is 10.2 Å². The molecule has 0 bridgehead atoms. The van der Waals surface area contributed by atoms with Gasteiger partial charge in [-0.15, -0.1) is 0 Å². The topological polar surface area (TPSA) is 15.3 Å². The molecule has 1 atom stereocenters. The van der Waals surface area contributed by atoms with E-state index in [4.69, 9.17) is 23.2 Å². The molecule has 1 saturated heterocycles. The zero-order valence-electron chi connectivity index (χ0n) is 11.9. The van der Waals surface area contributed by atoms with Gasteiger partial charge in [0.05, 0.1) is 15.7 Å². The lowest BCUT2D eigenvalue weighted by atomic mass is 9.90. The standard InChI is InChI=1S/C15H21BrCl2N2/c1-3-20-6-4-11(5-7-20)10(2)19-15-13(17)8-12(16)9-14(15)18/h8-11,19H,3-7H2,1-2H3. The summed E-state index contributed by atoms with van der Waals surface area (Å²) in [6.07, 6.45) is 2.46. The lowest BCUT2D eigenvalue weighted by molar-refractivity contribution is 0.183. The van der Waals surface area contributed by atoms with Crippen molar-refractivity contribution in [3.63, 3.8) is 0 Å². The number of anilines is 1. The summed E-state index contributed by atoms with van der Waals surface area (Å²) in [5.74, 6) is 0.675. The first-order valence-electron chi connectivity index (χ1n) is 7.14. The molecule has 20 heavy (non-hydrogen) atoms. The predicted molar refractivity (Wildman–Crippen MR) is 92.1 cm³/mol. The summed E-state index contributed by atoms with van der Waals surface area (Å²) < 4.78 is 0.905. The summed E-state index contributed by atoms with van der Waals surface area (Å²) in [5, 5.41) is 4.84. The van der Waals surface area contributed by atoms with E-state index in [9.17, 15) is 0 Å². The van der Waals surface area contributed by atoms with E-state index >= 15 is 0 Å². The fourth-order valence-corrected chi connectivity index (χ4v) is 4.11. The first-order chi connectivity index (χ1) is 9.51. The van der Waals surface area contributed by atoms with Crippen LogP contribution in [0.3, 0.4) is 0 Å². The second kappa shape index (κ2) is 7.35. The van der Waals surface area contributed by atoms with Gasteiger partial charge in [-0.2, -0.15) is 0 Å². The van der Waals surface area contributed by atoms with Crippen LogP contribution in [0, 0.1) is 5.92 Å². The van der Waals surface area contributed by atoms with E-state index < -0.39 is 0 Å². The first-order valence-corrected chi connectivity index (χ1v) is 8.69. The molecular formula is C15H21BrCl2N2. The summed E-state index contributed by atoms with van der Waals surface area (Å²) in [6.45, 7) is 7.98. The minimum absolute atomic E-state index is 0.380. The summed E-state index contributed by atoms with van der Waals surface area (Å²) in [5.41, 5.74) is 0.849. The normalized spacial score (nSPS) is 19.1. The Balaban J connectivity index is 2.00. The molecule has 1 aromatic rings. The number of halogens is 3. The maximum atomic E-state index is 6.28. The smallest absolute Gasteiger partial charge is 0.0721 e. The highest BCUT2D eigenvalue weighted by molar-refractivity contribution is 9.10. The van der Waals surface area contributed by atoms with Crippen LogP contribution >= 0.6 is 39.1 Å². The zero-order chi connectivity index (χ0) is 14.7. The molecule has 0 aromatic heterocycles. The van der Waals surface area contributed by atoms with Crippen LogP contribution in [0.5, 0.6) is 0 Å². The molecule has 1 N–H and O–H groups in total. The van der Waals surface area contributed by atoms with Gasteiger partial charge in [0.15, 0.2) is 0 Å². The number of piperidine rings is 1. The largest absolute Gasteiger partial charge is 0.380 e. The quantitative estimate of drug-likeness (QED) is 0.764. The van der Waals surface area contributed by atoms with E-state index in [1.165, 1.54) is 25.9 Å². The predicted octanol–water partition coefficient (Wildman–Crippen LogP) is 5.29. The summed E-state index contributed by atoms with van der Waals surface area (Å²) in [6, 6.07) is 4.13. The van der Waals surface area contributed by atoms with Crippen LogP contribution in [0.25, 0.3) is 0 Å². The van der Waals surface area contributed by atoms with Crippen molar-refractivity contribution in [2.24, 2.45) is 5.92 Å². The maximum absolute atomic E-state index is 6.28. The second-order valence-electron chi connectivity index (χ2n) is 5.45. The number of hydrogen-bond donors (Lipinski definition) is 1. The molecule has 1 aliphatic rings. The number of likely N-dealkylation sites (tertiary alicyclic amines) is 1. The number of rotatable bonds is 4. The van der Waals surface area contributed by atoms with Gasteiger partial charge in [0.2, 0.25) is 0 Å². The zero-order valence-corrected chi connectivity index (χ0v) is 15.0. The van der Waals surface area contributed by atoms with Crippen molar-refractivity contribution in [3.8, 4) is 0 Å². The summed E-state index contributed by atoms with van der Waals surface area (Å²) in [4.78, 5) is 2.50. The highest BCUT2D eigenvalue weighted by Gasteiger charge is 2.24. The van der Waals surface area contributed by atoms with Gasteiger partial charge in [0.25, 0.3) is 0 Å². The molecule has 0 aliphatic carbocycles. The van der Waals surface area contributed by atoms with Crippen molar-refractivity contribution >= 4 is 44.8 Å². The van der Waals surface area contributed by atoms with Gasteiger partial charge >= 0.3 is 0 Å². The minimum atomic E-state index is 0.380. The molecule has 2 rings (SSSR count). The van der Waals surface area contributed by atoms with Crippen LogP contribution in [0.15, 0.2) is 16.6 Å². The van der Waals surface area contributed by atoms with Crippen molar-refractivity contribution in [3.05, 3.63) is 26.7 Å². The van der Waals surface area contributed by atoms with Crippen molar-refractivity contribution in [1.82, 2.24) is 4.90 Å². The lowest BCUT2D eigenvalue weighted by Crippen LogP contribution is -2.39. The number of nitrogens with one attached hydrogen (secondary N) is 1. The third-order valence-corrected chi connectivity index (χ3v) is 5.22. The molecule has 1 unspecified atom stereocenters. The minimum Gasteiger partial charge on any atom is -0.380 e. The van der Waals surface area contributed by atoms with Crippen LogP contribution in [0.4, 0.5) is 5.69 Å². The highest BCUT2D eigenvalue weighted by Crippen LogP contribution is 2.35. The molecule has 0 radical (unpaired) electrons. The number of hydrogen-bond acceptors (Lipinski definition) is 2. The van der Waals surface area contributed by atoms with Crippen molar-refractivity contribution in [2.75, 3.05) is 25.0 Å². The van der Waals surface area contributed by atoms with Crippen LogP contribution in [0.1, 0.15) is 26.7 Å². The fourth-order valence-electron chi connectivity index (χ4n) is 2.79. The van der Waals surface area contributed by atoms with Crippen molar-refractivity contribution in [1.29, 1.82) is 0 Å². The Morgan fingerprint density at radius 3 is 2.35 bits per heavy atom. The number of nitrogens with zero attached hydrogens (tertiary/aromatic N) is 1. The van der Waals surface area contributed by atoms with Crippen LogP contribution in [-0.2, 0) is 0 Å². The van der Waals surface area contributed by atoms with Gasteiger partial charge in [-0.3, -0.25) is 0 Å². The van der Waals surface area contributed by atoms with Crippen molar-refractivity contribution < 1.29 is 0 Å². The Morgan fingerprint density at radius 2 is 1.85 bits per heavy atom. The van der Waals surface area contributed by atoms with E-state index in [-0.39, 0.29) is 0 Å². The summed E-state index contributed by atoms with van der Waals surface area (Å²) in [7, 11) is 0. The van der Waals surface area contributed by atoms with Crippen LogP contribution < -0.4 is 5.32 Å². The molecule has 0 saturated carbocycles. The molecule has 0 spiro atoms. The molecule has 5 heteroatoms. The van der Waals surface area contributed by atoms with Gasteiger partial charge in [-0.05, 0) is 57.5 Å². The number of benzene rings is 1. The monoisotopic (exact) mass is 378 g/mol. The van der Waals surface area contributed by atoms with Crippen LogP contribution in [0.2, 0.25) is 10.0 Å². The third-order valence-electron chi connectivity index (χ3n) is 4.17. The lowest BCUT2D eigenvalue weighted by Gasteiger charge is -2.35. The second-order valence-corrected chi connectivity index (χ2v) is 7.18. The van der Waals surface area contributed by atoms with Gasteiger partial charge in [-0.1, -0.05) is 46.1 Å². The molecule has 1 heterocycles. The first kappa shape index (κ1) is 16.4. The highest BCUT2D eigenvalue weighted by atomic mass is 79.9. The van der Waals surface area contributed by atoms with Crippen LogP contribution in [-0.4, -0.2) is 30.6 Å². The van der Waals surface area contributed by atoms with E-state index in [0.29, 0.717) is 22.0 Å². The Labute approximate surface area is 139 Å². The van der Waals surface area contributed by atoms with E-state index in [2.05, 4.69) is 40.0 Å². The van der Waals surface area contributed by atoms with Crippen molar-refractivity contribution in [2.45, 2.75) is 32.7 Å². The van der Waals surface area contributed by atoms with E-state index in [1.807, 2.05) is 12.1 Å². The molecule has 1 aliphatic heterocycles. The maximum Gasteiger partial charge on any atom is 0.0721 e. The van der Waals surface area contributed by atoms with E-state index in [0.717, 1.165) is 16.7 Å². The average Bonchev–Trinajstić information content (AvgIpc) is 2.42. The van der Waals surface area contributed by atoms with Gasteiger partial charge in [0, 0.05) is 10.5 Å². The molecule has 2 nitrogen and oxygen atoms in total. The molecule has 0 amide bonds. The Hall–Kier alpha value is 0.0400. The fraction of sp³-hybridized carbons (Fsp3) is 0.600. The molecule has 112 valence electrons.